The van der Waals surface area contributed by atoms with Gasteiger partial charge in [0.25, 0.3) is 11.0 Å². The molecule has 0 aliphatic rings. The number of pyridine rings is 4. The predicted molar refractivity (Wildman–Crippen MR) is 353 cm³/mol. The Hall–Kier alpha value is -10.9. The minimum absolute atomic E-state index is 0.0861. The summed E-state index contributed by atoms with van der Waals surface area (Å²) >= 11 is 12.7. The summed E-state index contributed by atoms with van der Waals surface area (Å²) in [5, 5.41) is 34.5. The first kappa shape index (κ1) is 56.9. The third kappa shape index (κ3) is 12.7. The summed E-state index contributed by atoms with van der Waals surface area (Å²) in [7, 11) is 0. The van der Waals surface area contributed by atoms with E-state index in [4.69, 9.17) is 38.9 Å². The fourth-order valence-electron chi connectivity index (χ4n) is 10.1. The molecule has 0 radical (unpaired) electrons. The highest BCUT2D eigenvalue weighted by Gasteiger charge is 2.19. The molecule has 14 aromatic rings. The Morgan fingerprint density at radius 3 is 1.17 bits per heavy atom. The molecule has 14 rings (SSSR count). The molecule has 0 bridgehead atoms. The van der Waals surface area contributed by atoms with Crippen LogP contribution in [-0.4, -0.2) is 37.9 Å². The molecule has 0 fully saturated rings. The molecular formula is C70H55Cl2N10O4+. The molecule has 16 heteroatoms. The lowest BCUT2D eigenvalue weighted by molar-refractivity contribution is -0.864. The third-order valence-electron chi connectivity index (χ3n) is 13.9. The number of benzene rings is 10. The Morgan fingerprint density at radius 1 is 0.360 bits per heavy atom. The smallest absolute Gasteiger partial charge is 0.266 e. The van der Waals surface area contributed by atoms with Crippen LogP contribution in [0.25, 0.3) is 87.2 Å². The van der Waals surface area contributed by atoms with Gasteiger partial charge in [-0.1, -0.05) is 126 Å². The van der Waals surface area contributed by atoms with Gasteiger partial charge in [0.15, 0.2) is 0 Å². The van der Waals surface area contributed by atoms with E-state index in [1.54, 1.807) is 0 Å². The number of carbonyl (C=O) groups excluding carboxylic acids is 3. The van der Waals surface area contributed by atoms with Gasteiger partial charge in [-0.15, -0.1) is 0 Å². The summed E-state index contributed by atoms with van der Waals surface area (Å²) in [6.07, 6.45) is 0. The Labute approximate surface area is 503 Å². The SMILES string of the molecule is CC(=O)Nc1ccc2c(Cl)c3ccccc3nc2c1.CC(=O)Nc1ccc2c(Nc3ccc(N)cc3)c3ccccc3nc2c1.CC(=O)Nc1cccc(Nc2c3ccccc3nc3ccccc23)c1.O[n+]1c2ccccc2c(Cl)c2ccccc21. The van der Waals surface area contributed by atoms with Crippen molar-refractivity contribution >= 4 is 174 Å². The zero-order chi connectivity index (χ0) is 59.8. The number of amides is 3. The van der Waals surface area contributed by atoms with Crippen molar-refractivity contribution in [3.63, 3.8) is 0 Å². The Kier molecular flexibility index (Phi) is 16.7. The van der Waals surface area contributed by atoms with Crippen LogP contribution in [0, 0.1) is 0 Å². The van der Waals surface area contributed by atoms with Gasteiger partial charge in [0.2, 0.25) is 17.7 Å². The Balaban J connectivity index is 0.000000121. The number of nitrogen functional groups attached to an aromatic ring is 1. The van der Waals surface area contributed by atoms with Gasteiger partial charge in [-0.05, 0) is 115 Å². The maximum atomic E-state index is 11.3. The number of carbonyl (C=O) groups is 3. The van der Waals surface area contributed by atoms with Crippen LogP contribution in [-0.2, 0) is 14.4 Å². The number of nitrogens with zero attached hydrogens (tertiary/aromatic N) is 4. The van der Waals surface area contributed by atoms with E-state index in [9.17, 15) is 19.6 Å². The molecule has 0 aliphatic heterocycles. The van der Waals surface area contributed by atoms with Crippen LogP contribution in [0.4, 0.5) is 45.5 Å². The van der Waals surface area contributed by atoms with Crippen molar-refractivity contribution in [1.29, 1.82) is 0 Å². The largest absolute Gasteiger partial charge is 0.399 e. The van der Waals surface area contributed by atoms with E-state index in [1.807, 2.05) is 218 Å². The molecule has 4 aromatic heterocycles. The number of hydrogen-bond donors (Lipinski definition) is 7. The number of anilines is 8. The highest BCUT2D eigenvalue weighted by Crippen LogP contribution is 2.37. The van der Waals surface area contributed by atoms with Crippen LogP contribution in [0.2, 0.25) is 10.0 Å². The molecule has 8 N–H and O–H groups in total. The van der Waals surface area contributed by atoms with Gasteiger partial charge in [-0.3, -0.25) is 19.6 Å². The summed E-state index contributed by atoms with van der Waals surface area (Å²) < 4.78 is 1.18. The Morgan fingerprint density at radius 2 is 0.686 bits per heavy atom. The van der Waals surface area contributed by atoms with Crippen molar-refractivity contribution in [1.82, 2.24) is 15.0 Å². The molecule has 0 unspecified atom stereocenters. The number of hydrogen-bond acceptors (Lipinski definition) is 10. The lowest BCUT2D eigenvalue weighted by Gasteiger charge is -2.14. The summed E-state index contributed by atoms with van der Waals surface area (Å²) in [5.74, 6) is -0.298. The summed E-state index contributed by atoms with van der Waals surface area (Å²) in [4.78, 5) is 47.8. The molecule has 86 heavy (non-hydrogen) atoms. The number of fused-ring (bicyclic) bond motifs is 8. The molecule has 0 aliphatic carbocycles. The molecule has 0 saturated carbocycles. The standard InChI is InChI=1S/C21H18N4O.C21H17N3O.C15H11ClN2O.C13H9ClNO/c1-13(26)23-16-10-11-18-20(12-16)25-19-5-3-2-4-17(19)21(18)24-15-8-6-14(22)7-9-15;1-14(25)22-15-7-6-8-16(13-15)23-21-17-9-2-4-11-19(17)24-20-12-5-3-10-18(20)21;1-9(19)17-10-6-7-12-14(8-10)18-13-5-3-2-4-11(13)15(12)16;14-13-9-5-1-3-7-11(9)15(16)12-8-4-2-6-10(12)13/h2-12H,22H2,1H3,(H,23,26)(H,24,25);2-13H,1H3,(H,22,25)(H,23,24);2-8H,1H3,(H,17,19);1-8,16H/q;;;+1. The molecule has 3 amide bonds. The quantitative estimate of drug-likeness (QED) is 0.0349. The second-order valence-electron chi connectivity index (χ2n) is 20.1. The molecule has 0 atom stereocenters. The van der Waals surface area contributed by atoms with Gasteiger partial charge in [0, 0.05) is 104 Å². The monoisotopic (exact) mass is 1170 g/mol. The molecule has 14 nitrogen and oxygen atoms in total. The number of nitrogens with two attached hydrogens (primary N) is 1. The second kappa shape index (κ2) is 25.3. The number of halogens is 2. The van der Waals surface area contributed by atoms with Gasteiger partial charge in [-0.25, -0.2) is 15.0 Å². The van der Waals surface area contributed by atoms with E-state index in [0.29, 0.717) is 21.1 Å². The van der Waals surface area contributed by atoms with E-state index in [0.717, 1.165) is 122 Å². The van der Waals surface area contributed by atoms with Gasteiger partial charge in [-0.2, -0.15) is 0 Å². The van der Waals surface area contributed by atoms with Gasteiger partial charge in [0.1, 0.15) is 0 Å². The van der Waals surface area contributed by atoms with E-state index in [1.165, 1.54) is 25.5 Å². The molecule has 0 saturated heterocycles. The number of para-hydroxylation sites is 6. The van der Waals surface area contributed by atoms with Crippen molar-refractivity contribution in [3.05, 3.63) is 241 Å². The highest BCUT2D eigenvalue weighted by atomic mass is 35.5. The minimum atomic E-state index is -0.106. The minimum Gasteiger partial charge on any atom is -0.399 e. The van der Waals surface area contributed by atoms with E-state index < -0.39 is 0 Å². The fourth-order valence-corrected chi connectivity index (χ4v) is 10.7. The van der Waals surface area contributed by atoms with E-state index in [2.05, 4.69) is 43.7 Å². The van der Waals surface area contributed by atoms with Crippen molar-refractivity contribution in [2.45, 2.75) is 20.8 Å². The summed E-state index contributed by atoms with van der Waals surface area (Å²) in [6, 6.07) is 73.5. The summed E-state index contributed by atoms with van der Waals surface area (Å²) in [6.45, 7) is 4.47. The molecule has 0 spiro atoms. The van der Waals surface area contributed by atoms with Crippen LogP contribution < -0.4 is 37.0 Å². The molecular weight excluding hydrogens is 1120 g/mol. The van der Waals surface area contributed by atoms with Crippen molar-refractivity contribution in [2.24, 2.45) is 0 Å². The predicted octanol–water partition coefficient (Wildman–Crippen LogP) is 16.9. The average Bonchev–Trinajstić information content (AvgIpc) is 1.43. The summed E-state index contributed by atoms with van der Waals surface area (Å²) in [5.41, 5.74) is 19.2. The highest BCUT2D eigenvalue weighted by molar-refractivity contribution is 6.40. The van der Waals surface area contributed by atoms with Crippen molar-refractivity contribution in [2.75, 3.05) is 32.3 Å². The van der Waals surface area contributed by atoms with Crippen molar-refractivity contribution in [3.8, 4) is 0 Å². The van der Waals surface area contributed by atoms with Gasteiger partial charge in [0.05, 0.1) is 65.3 Å². The van der Waals surface area contributed by atoms with Crippen LogP contribution in [0.5, 0.6) is 0 Å². The fraction of sp³-hybridized carbons (Fsp3) is 0.0429. The maximum absolute atomic E-state index is 11.3. The normalized spacial score (nSPS) is 10.8. The second-order valence-corrected chi connectivity index (χ2v) is 20.8. The third-order valence-corrected chi connectivity index (χ3v) is 14.7. The molecule has 10 aromatic carbocycles. The first-order valence-corrected chi connectivity index (χ1v) is 28.1. The van der Waals surface area contributed by atoms with Gasteiger partial charge < -0.3 is 32.3 Å². The van der Waals surface area contributed by atoms with Crippen LogP contribution in [0.1, 0.15) is 20.8 Å². The lowest BCUT2D eigenvalue weighted by Crippen LogP contribution is -2.31. The first-order chi connectivity index (χ1) is 41.7. The van der Waals surface area contributed by atoms with Gasteiger partial charge >= 0.3 is 0 Å². The zero-order valence-corrected chi connectivity index (χ0v) is 48.2. The number of aromatic nitrogens is 4. The lowest BCUT2D eigenvalue weighted by atomic mass is 10.1. The molecule has 422 valence electrons. The topological polar surface area (TPSA) is 200 Å². The molecule has 4 heterocycles. The maximum Gasteiger partial charge on any atom is 0.266 e. The Bertz CT molecular complexity index is 4760. The zero-order valence-electron chi connectivity index (χ0n) is 46.7. The van der Waals surface area contributed by atoms with Crippen LogP contribution >= 0.6 is 23.2 Å². The van der Waals surface area contributed by atoms with Crippen LogP contribution in [0.3, 0.4) is 0 Å². The van der Waals surface area contributed by atoms with Crippen LogP contribution in [0.15, 0.2) is 231 Å². The number of rotatable bonds is 7. The van der Waals surface area contributed by atoms with Crippen molar-refractivity contribution < 1.29 is 24.3 Å². The number of nitrogens with one attached hydrogen (secondary N) is 5. The first-order valence-electron chi connectivity index (χ1n) is 27.4. The van der Waals surface area contributed by atoms with E-state index >= 15 is 0 Å². The van der Waals surface area contributed by atoms with E-state index in [-0.39, 0.29) is 17.7 Å². The average molecular weight is 1170 g/mol.